The highest BCUT2D eigenvalue weighted by molar-refractivity contribution is 7.46. The summed E-state index contributed by atoms with van der Waals surface area (Å²) in [6.45, 7) is -0.0808. The van der Waals surface area contributed by atoms with Gasteiger partial charge in [0, 0.05) is 11.8 Å². The standard InChI is InChI=1S/C23H20F4N5O5P/c1-12-2-7-16(14-8-9-32-17(10-14)30-22(28)31-32)19(25)18(12)21(33)29-11-23(26,27)20(37-38(34,35)36)13-3-5-15(24)6-4-13/h2-10,20H,11H2,1H3,(H2,28,31)(H,29,33)(H2,34,35,36). The van der Waals surface area contributed by atoms with E-state index in [9.17, 15) is 13.8 Å². The van der Waals surface area contributed by atoms with Gasteiger partial charge in [-0.05, 0) is 47.9 Å². The van der Waals surface area contributed by atoms with Crippen LogP contribution in [0.4, 0.5) is 23.5 Å². The molecule has 2 aromatic heterocycles. The second kappa shape index (κ2) is 10.1. The van der Waals surface area contributed by atoms with Crippen LogP contribution in [0, 0.1) is 18.6 Å². The number of hydrogen-bond acceptors (Lipinski definition) is 6. The van der Waals surface area contributed by atoms with Crippen molar-refractivity contribution in [1.82, 2.24) is 19.9 Å². The SMILES string of the molecule is Cc1ccc(-c2ccn3nc(N)nc3c2)c(F)c1C(=O)NCC(F)(F)C(OP(=O)(O)O)c1ccc(F)cc1. The summed E-state index contributed by atoms with van der Waals surface area (Å²) in [5, 5.41) is 5.82. The number of anilines is 1. The van der Waals surface area contributed by atoms with Crippen LogP contribution >= 0.6 is 7.82 Å². The van der Waals surface area contributed by atoms with Crippen LogP contribution in [-0.4, -0.2) is 42.8 Å². The molecular weight excluding hydrogens is 533 g/mol. The number of nitrogens with one attached hydrogen (secondary N) is 1. The summed E-state index contributed by atoms with van der Waals surface area (Å²) < 4.78 is 75.9. The molecule has 2 heterocycles. The maximum atomic E-state index is 15.5. The largest absolute Gasteiger partial charge is 0.470 e. The molecule has 15 heteroatoms. The summed E-state index contributed by atoms with van der Waals surface area (Å²) >= 11 is 0. The number of hydrogen-bond donors (Lipinski definition) is 4. The fraction of sp³-hybridized carbons (Fsp3) is 0.174. The van der Waals surface area contributed by atoms with Crippen molar-refractivity contribution in [3.8, 4) is 11.1 Å². The lowest BCUT2D eigenvalue weighted by molar-refractivity contribution is -0.102. The maximum Gasteiger partial charge on any atom is 0.470 e. The zero-order valence-corrected chi connectivity index (χ0v) is 20.4. The van der Waals surface area contributed by atoms with Crippen molar-refractivity contribution in [2.24, 2.45) is 0 Å². The van der Waals surface area contributed by atoms with Crippen LogP contribution in [-0.2, 0) is 9.09 Å². The molecule has 1 amide bonds. The van der Waals surface area contributed by atoms with Crippen LogP contribution < -0.4 is 11.1 Å². The third-order valence-corrected chi connectivity index (χ3v) is 6.01. The van der Waals surface area contributed by atoms with Crippen molar-refractivity contribution >= 4 is 25.3 Å². The minimum Gasteiger partial charge on any atom is -0.366 e. The van der Waals surface area contributed by atoms with Gasteiger partial charge in [-0.1, -0.05) is 24.3 Å². The molecule has 2 aromatic carbocycles. The number of phosphoric acid groups is 1. The first-order valence-corrected chi connectivity index (χ1v) is 12.3. The zero-order valence-electron chi connectivity index (χ0n) is 19.5. The molecule has 5 N–H and O–H groups in total. The summed E-state index contributed by atoms with van der Waals surface area (Å²) in [4.78, 5) is 35.1. The molecule has 0 bridgehead atoms. The van der Waals surface area contributed by atoms with Gasteiger partial charge in [-0.2, -0.15) is 4.98 Å². The Bertz CT molecular complexity index is 1560. The van der Waals surface area contributed by atoms with E-state index in [0.29, 0.717) is 11.2 Å². The van der Waals surface area contributed by atoms with Gasteiger partial charge in [0.15, 0.2) is 11.8 Å². The lowest BCUT2D eigenvalue weighted by atomic mass is 9.98. The monoisotopic (exact) mass is 553 g/mol. The number of carbonyl (C=O) groups excluding carboxylic acids is 1. The number of aromatic nitrogens is 3. The lowest BCUT2D eigenvalue weighted by Crippen LogP contribution is -2.42. The van der Waals surface area contributed by atoms with Crippen molar-refractivity contribution in [1.29, 1.82) is 0 Å². The van der Waals surface area contributed by atoms with Crippen LogP contribution in [0.3, 0.4) is 0 Å². The summed E-state index contributed by atoms with van der Waals surface area (Å²) in [5.41, 5.74) is 5.32. The number of phosphoric ester groups is 1. The number of halogens is 4. The molecular formula is C23H20F4N5O5P. The van der Waals surface area contributed by atoms with E-state index < -0.39 is 55.1 Å². The fourth-order valence-corrected chi connectivity index (χ4v) is 4.33. The van der Waals surface area contributed by atoms with E-state index in [1.807, 2.05) is 5.32 Å². The minimum atomic E-state index is -5.44. The summed E-state index contributed by atoms with van der Waals surface area (Å²) in [5.74, 6) is -7.09. The number of nitrogens with two attached hydrogens (primary N) is 1. The summed E-state index contributed by atoms with van der Waals surface area (Å²) in [7, 11) is -5.44. The second-order valence-electron chi connectivity index (χ2n) is 8.28. The molecule has 38 heavy (non-hydrogen) atoms. The van der Waals surface area contributed by atoms with Crippen molar-refractivity contribution in [3.05, 3.63) is 83.1 Å². The van der Waals surface area contributed by atoms with Crippen molar-refractivity contribution in [3.63, 3.8) is 0 Å². The Hall–Kier alpha value is -3.84. The number of nitrogens with zero attached hydrogens (tertiary/aromatic N) is 3. The number of fused-ring (bicyclic) bond motifs is 1. The molecule has 0 spiro atoms. The van der Waals surface area contributed by atoms with Gasteiger partial charge < -0.3 is 20.8 Å². The number of nitrogen functional groups attached to an aromatic ring is 1. The van der Waals surface area contributed by atoms with Gasteiger partial charge >= 0.3 is 7.82 Å². The fourth-order valence-electron chi connectivity index (χ4n) is 3.78. The molecule has 0 aliphatic heterocycles. The lowest BCUT2D eigenvalue weighted by Gasteiger charge is -2.27. The van der Waals surface area contributed by atoms with Crippen LogP contribution in [0.15, 0.2) is 54.7 Å². The number of aryl methyl sites for hydroxylation is 1. The zero-order chi connectivity index (χ0) is 27.8. The van der Waals surface area contributed by atoms with Crippen LogP contribution in [0.1, 0.15) is 27.6 Å². The molecule has 4 rings (SSSR count). The van der Waals surface area contributed by atoms with E-state index in [-0.39, 0.29) is 17.1 Å². The van der Waals surface area contributed by atoms with Crippen molar-refractivity contribution < 1.29 is 41.2 Å². The topological polar surface area (TPSA) is 152 Å². The second-order valence-corrected chi connectivity index (χ2v) is 9.47. The molecule has 0 radical (unpaired) electrons. The highest BCUT2D eigenvalue weighted by atomic mass is 31.2. The Morgan fingerprint density at radius 1 is 1.18 bits per heavy atom. The Morgan fingerprint density at radius 2 is 1.87 bits per heavy atom. The molecule has 10 nitrogen and oxygen atoms in total. The predicted molar refractivity (Wildman–Crippen MR) is 127 cm³/mol. The van der Waals surface area contributed by atoms with E-state index in [2.05, 4.69) is 14.6 Å². The highest BCUT2D eigenvalue weighted by Crippen LogP contribution is 2.48. The first-order valence-electron chi connectivity index (χ1n) is 10.8. The average Bonchev–Trinajstić information content (AvgIpc) is 3.21. The molecule has 0 aliphatic rings. The quantitative estimate of drug-likeness (QED) is 0.190. The number of amides is 1. The highest BCUT2D eigenvalue weighted by Gasteiger charge is 2.45. The number of benzene rings is 2. The number of alkyl halides is 2. The smallest absolute Gasteiger partial charge is 0.366 e. The predicted octanol–water partition coefficient (Wildman–Crippen LogP) is 3.78. The van der Waals surface area contributed by atoms with Crippen LogP contribution in [0.2, 0.25) is 0 Å². The molecule has 1 atom stereocenters. The first-order chi connectivity index (χ1) is 17.7. The molecule has 4 aromatic rings. The summed E-state index contributed by atoms with van der Waals surface area (Å²) in [6.07, 6.45) is -1.08. The van der Waals surface area contributed by atoms with E-state index in [1.165, 1.54) is 41.9 Å². The van der Waals surface area contributed by atoms with E-state index in [0.717, 1.165) is 24.3 Å². The van der Waals surface area contributed by atoms with E-state index in [4.69, 9.17) is 15.5 Å². The van der Waals surface area contributed by atoms with E-state index >= 15 is 13.2 Å². The van der Waals surface area contributed by atoms with Gasteiger partial charge in [-0.25, -0.2) is 26.6 Å². The molecule has 0 aliphatic carbocycles. The normalized spacial score (nSPS) is 13.0. The minimum absolute atomic E-state index is 0.00538. The van der Waals surface area contributed by atoms with Gasteiger partial charge in [0.2, 0.25) is 5.95 Å². The Labute approximate surface area is 212 Å². The van der Waals surface area contributed by atoms with Gasteiger partial charge in [-0.3, -0.25) is 9.32 Å². The number of rotatable bonds is 8. The van der Waals surface area contributed by atoms with Gasteiger partial charge in [0.25, 0.3) is 11.8 Å². The van der Waals surface area contributed by atoms with Gasteiger partial charge in [-0.15, -0.1) is 5.10 Å². The molecule has 1 unspecified atom stereocenters. The number of pyridine rings is 1. The first kappa shape index (κ1) is 27.2. The van der Waals surface area contributed by atoms with Crippen molar-refractivity contribution in [2.45, 2.75) is 19.0 Å². The van der Waals surface area contributed by atoms with Crippen LogP contribution in [0.25, 0.3) is 16.8 Å². The van der Waals surface area contributed by atoms with E-state index in [1.54, 1.807) is 0 Å². The van der Waals surface area contributed by atoms with Gasteiger partial charge in [0.1, 0.15) is 11.6 Å². The third-order valence-electron chi connectivity index (χ3n) is 5.53. The summed E-state index contributed by atoms with van der Waals surface area (Å²) in [6, 6.07) is 9.12. The molecule has 0 saturated heterocycles. The molecule has 0 fully saturated rings. The molecule has 200 valence electrons. The third kappa shape index (κ3) is 5.83. The van der Waals surface area contributed by atoms with Crippen molar-refractivity contribution in [2.75, 3.05) is 12.3 Å². The van der Waals surface area contributed by atoms with Crippen LogP contribution in [0.5, 0.6) is 0 Å². The Balaban J connectivity index is 1.61. The Kier molecular flexibility index (Phi) is 7.26. The Morgan fingerprint density at radius 3 is 2.53 bits per heavy atom. The van der Waals surface area contributed by atoms with Gasteiger partial charge in [0.05, 0.1) is 12.1 Å². The number of carbonyl (C=O) groups is 1. The average molecular weight is 553 g/mol. The molecule has 0 saturated carbocycles. The maximum absolute atomic E-state index is 15.5.